The van der Waals surface area contributed by atoms with E-state index in [1.807, 2.05) is 0 Å². The summed E-state index contributed by atoms with van der Waals surface area (Å²) in [5.74, 6) is 0.118. The summed E-state index contributed by atoms with van der Waals surface area (Å²) in [6.07, 6.45) is 4.20. The van der Waals surface area contributed by atoms with Gasteiger partial charge in [-0.25, -0.2) is 9.97 Å². The van der Waals surface area contributed by atoms with Crippen LogP contribution in [0.25, 0.3) is 0 Å². The molecule has 0 atom stereocenters. The number of rotatable bonds is 3. The summed E-state index contributed by atoms with van der Waals surface area (Å²) in [5.41, 5.74) is 2.62. The molecule has 0 fully saturated rings. The van der Waals surface area contributed by atoms with E-state index in [0.717, 1.165) is 36.1 Å². The molecule has 3 rings (SSSR count). The first kappa shape index (κ1) is 12.3. The highest BCUT2D eigenvalue weighted by Crippen LogP contribution is 2.22. The van der Waals surface area contributed by atoms with Gasteiger partial charge in [-0.1, -0.05) is 17.8 Å². The summed E-state index contributed by atoms with van der Waals surface area (Å²) >= 11 is 1.43. The number of hydrogen-bond acceptors (Lipinski definition) is 4. The molecule has 0 aromatic carbocycles. The summed E-state index contributed by atoms with van der Waals surface area (Å²) < 4.78 is 12.7. The molecule has 0 amide bonds. The summed E-state index contributed by atoms with van der Waals surface area (Å²) in [6, 6.07) is 3.01. The lowest BCUT2D eigenvalue weighted by molar-refractivity contribution is 0.583. The van der Waals surface area contributed by atoms with E-state index < -0.39 is 5.95 Å². The average Bonchev–Trinajstić information content (AvgIpc) is 2.87. The van der Waals surface area contributed by atoms with Crippen molar-refractivity contribution in [3.05, 3.63) is 51.5 Å². The number of aromatic nitrogens is 3. The third-order valence-corrected chi connectivity index (χ3v) is 4.03. The maximum atomic E-state index is 12.7. The van der Waals surface area contributed by atoms with Crippen molar-refractivity contribution in [1.29, 1.82) is 0 Å². The van der Waals surface area contributed by atoms with Gasteiger partial charge in [0, 0.05) is 17.5 Å². The van der Waals surface area contributed by atoms with Crippen LogP contribution in [-0.4, -0.2) is 15.0 Å². The van der Waals surface area contributed by atoms with E-state index in [1.165, 1.54) is 24.0 Å². The molecule has 19 heavy (non-hydrogen) atoms. The van der Waals surface area contributed by atoms with Crippen molar-refractivity contribution in [3.63, 3.8) is 0 Å². The zero-order valence-electron chi connectivity index (χ0n) is 10.1. The minimum absolute atomic E-state index is 0.0257. The Kier molecular flexibility index (Phi) is 3.33. The third kappa shape index (κ3) is 2.68. The van der Waals surface area contributed by atoms with Crippen molar-refractivity contribution in [2.75, 3.05) is 0 Å². The topological polar surface area (TPSA) is 58.6 Å². The second kappa shape index (κ2) is 5.13. The number of aryl methyl sites for hydroxylation is 1. The van der Waals surface area contributed by atoms with Gasteiger partial charge < -0.3 is 4.98 Å². The SMILES string of the molecule is O=c1[nH]c(SCc2ccc(F)nc2)nc2c1CCC2. The molecule has 0 spiro atoms. The Morgan fingerprint density at radius 2 is 2.26 bits per heavy atom. The third-order valence-electron chi connectivity index (χ3n) is 3.08. The number of nitrogens with one attached hydrogen (secondary N) is 1. The van der Waals surface area contributed by atoms with Crippen LogP contribution in [0.1, 0.15) is 23.2 Å². The number of aromatic amines is 1. The molecule has 0 saturated heterocycles. The number of nitrogens with zero attached hydrogens (tertiary/aromatic N) is 2. The lowest BCUT2D eigenvalue weighted by Gasteiger charge is -2.03. The smallest absolute Gasteiger partial charge is 0.254 e. The highest BCUT2D eigenvalue weighted by Gasteiger charge is 2.17. The fourth-order valence-electron chi connectivity index (χ4n) is 2.13. The number of fused-ring (bicyclic) bond motifs is 1. The van der Waals surface area contributed by atoms with E-state index in [1.54, 1.807) is 6.07 Å². The minimum atomic E-state index is -0.488. The normalized spacial score (nSPS) is 13.5. The Bertz CT molecular complexity index is 654. The van der Waals surface area contributed by atoms with Crippen LogP contribution in [0.4, 0.5) is 4.39 Å². The second-order valence-corrected chi connectivity index (χ2v) is 5.39. The summed E-state index contributed by atoms with van der Waals surface area (Å²) in [4.78, 5) is 22.7. The van der Waals surface area contributed by atoms with Gasteiger partial charge in [0.2, 0.25) is 5.95 Å². The molecule has 98 valence electrons. The van der Waals surface area contributed by atoms with Crippen LogP contribution in [0.2, 0.25) is 0 Å². The number of pyridine rings is 1. The van der Waals surface area contributed by atoms with Crippen LogP contribution in [0, 0.1) is 5.95 Å². The highest BCUT2D eigenvalue weighted by atomic mass is 32.2. The Morgan fingerprint density at radius 3 is 3.05 bits per heavy atom. The van der Waals surface area contributed by atoms with Crippen molar-refractivity contribution < 1.29 is 4.39 Å². The molecular weight excluding hydrogens is 265 g/mol. The Labute approximate surface area is 113 Å². The number of H-pyrrole nitrogens is 1. The molecule has 4 nitrogen and oxygen atoms in total. The van der Waals surface area contributed by atoms with Gasteiger partial charge in [-0.05, 0) is 30.9 Å². The lowest BCUT2D eigenvalue weighted by atomic mass is 10.3. The maximum Gasteiger partial charge on any atom is 0.254 e. The van der Waals surface area contributed by atoms with Crippen molar-refractivity contribution in [2.24, 2.45) is 0 Å². The van der Waals surface area contributed by atoms with Crippen LogP contribution in [0.15, 0.2) is 28.3 Å². The van der Waals surface area contributed by atoms with Crippen molar-refractivity contribution in [3.8, 4) is 0 Å². The summed E-state index contributed by atoms with van der Waals surface area (Å²) in [7, 11) is 0. The first-order valence-corrected chi connectivity index (χ1v) is 7.06. The molecule has 2 aromatic rings. The minimum Gasteiger partial charge on any atom is -0.301 e. The predicted octanol–water partition coefficient (Wildman–Crippen LogP) is 2.08. The molecule has 1 N–H and O–H groups in total. The number of halogens is 1. The molecule has 6 heteroatoms. The fourth-order valence-corrected chi connectivity index (χ4v) is 2.94. The molecule has 0 aliphatic heterocycles. The largest absolute Gasteiger partial charge is 0.301 e. The molecule has 0 unspecified atom stereocenters. The van der Waals surface area contributed by atoms with Gasteiger partial charge in [0.25, 0.3) is 5.56 Å². The quantitative estimate of drug-likeness (QED) is 0.530. The highest BCUT2D eigenvalue weighted by molar-refractivity contribution is 7.98. The molecule has 0 radical (unpaired) electrons. The van der Waals surface area contributed by atoms with Gasteiger partial charge in [0.05, 0.1) is 5.69 Å². The monoisotopic (exact) mass is 277 g/mol. The predicted molar refractivity (Wildman–Crippen MR) is 70.6 cm³/mol. The van der Waals surface area contributed by atoms with Crippen molar-refractivity contribution in [2.45, 2.75) is 30.2 Å². The summed E-state index contributed by atoms with van der Waals surface area (Å²) in [5, 5.41) is 0.620. The van der Waals surface area contributed by atoms with E-state index in [-0.39, 0.29) is 5.56 Å². The first-order valence-electron chi connectivity index (χ1n) is 6.07. The molecule has 1 aliphatic rings. The van der Waals surface area contributed by atoms with Gasteiger partial charge in [-0.15, -0.1) is 0 Å². The van der Waals surface area contributed by atoms with Crippen LogP contribution >= 0.6 is 11.8 Å². The van der Waals surface area contributed by atoms with Crippen LogP contribution in [-0.2, 0) is 18.6 Å². The first-order chi connectivity index (χ1) is 9.22. The van der Waals surface area contributed by atoms with Crippen LogP contribution in [0.3, 0.4) is 0 Å². The molecule has 2 aromatic heterocycles. The number of hydrogen-bond donors (Lipinski definition) is 1. The molecular formula is C13H12FN3OS. The van der Waals surface area contributed by atoms with Gasteiger partial charge in [0.1, 0.15) is 0 Å². The second-order valence-electron chi connectivity index (χ2n) is 4.43. The van der Waals surface area contributed by atoms with Crippen LogP contribution < -0.4 is 5.56 Å². The standard InChI is InChI=1S/C13H12FN3OS/c14-11-5-4-8(6-15-11)7-19-13-16-10-3-1-2-9(10)12(18)17-13/h4-6H,1-3,7H2,(H,16,17,18). The van der Waals surface area contributed by atoms with Gasteiger partial charge in [0.15, 0.2) is 5.16 Å². The van der Waals surface area contributed by atoms with E-state index in [0.29, 0.717) is 10.9 Å². The van der Waals surface area contributed by atoms with Gasteiger partial charge in [-0.3, -0.25) is 4.79 Å². The van der Waals surface area contributed by atoms with E-state index in [4.69, 9.17) is 0 Å². The zero-order valence-corrected chi connectivity index (χ0v) is 11.0. The van der Waals surface area contributed by atoms with Gasteiger partial charge >= 0.3 is 0 Å². The van der Waals surface area contributed by atoms with E-state index in [2.05, 4.69) is 15.0 Å². The Balaban J connectivity index is 1.75. The molecule has 1 aliphatic carbocycles. The molecule has 0 saturated carbocycles. The van der Waals surface area contributed by atoms with E-state index >= 15 is 0 Å². The lowest BCUT2D eigenvalue weighted by Crippen LogP contribution is -2.14. The summed E-state index contributed by atoms with van der Waals surface area (Å²) in [6.45, 7) is 0. The molecule has 0 bridgehead atoms. The average molecular weight is 277 g/mol. The molecule has 2 heterocycles. The number of thioether (sulfide) groups is 1. The van der Waals surface area contributed by atoms with Crippen LogP contribution in [0.5, 0.6) is 0 Å². The Hall–Kier alpha value is -1.69. The van der Waals surface area contributed by atoms with Gasteiger partial charge in [-0.2, -0.15) is 4.39 Å². The fraction of sp³-hybridized carbons (Fsp3) is 0.308. The van der Waals surface area contributed by atoms with E-state index in [9.17, 15) is 9.18 Å². The maximum absolute atomic E-state index is 12.7. The Morgan fingerprint density at radius 1 is 1.37 bits per heavy atom. The van der Waals surface area contributed by atoms with Crippen molar-refractivity contribution in [1.82, 2.24) is 15.0 Å². The zero-order chi connectivity index (χ0) is 13.2. The van der Waals surface area contributed by atoms with Crippen molar-refractivity contribution >= 4 is 11.8 Å².